The van der Waals surface area contributed by atoms with Crippen LogP contribution >= 0.6 is 11.6 Å². The maximum Gasteiger partial charge on any atom is 0.433 e. The molecule has 2 heterocycles. The molecule has 0 radical (unpaired) electrons. The van der Waals surface area contributed by atoms with Crippen LogP contribution in [0.15, 0.2) is 22.9 Å². The van der Waals surface area contributed by atoms with Gasteiger partial charge in [0, 0.05) is 12.1 Å². The highest BCUT2D eigenvalue weighted by Gasteiger charge is 2.33. The summed E-state index contributed by atoms with van der Waals surface area (Å²) in [7, 11) is 0. The van der Waals surface area contributed by atoms with Crippen LogP contribution in [-0.4, -0.2) is 15.1 Å². The van der Waals surface area contributed by atoms with Gasteiger partial charge < -0.3 is 9.84 Å². The summed E-state index contributed by atoms with van der Waals surface area (Å²) in [6, 6.07) is 2.34. The summed E-state index contributed by atoms with van der Waals surface area (Å²) in [5.41, 5.74) is -1.11. The predicted octanol–water partition coefficient (Wildman–Crippen LogP) is 2.75. The fourth-order valence-electron chi connectivity index (χ4n) is 1.16. The summed E-state index contributed by atoms with van der Waals surface area (Å²) in [5, 5.41) is 5.60. The van der Waals surface area contributed by atoms with Crippen LogP contribution < -0.4 is 5.32 Å². The van der Waals surface area contributed by atoms with Crippen molar-refractivity contribution in [2.45, 2.75) is 12.7 Å². The van der Waals surface area contributed by atoms with Gasteiger partial charge >= 0.3 is 6.18 Å². The number of nitrogens with zero attached hydrogens (tertiary/aromatic N) is 3. The van der Waals surface area contributed by atoms with Crippen molar-refractivity contribution in [1.82, 2.24) is 15.1 Å². The van der Waals surface area contributed by atoms with Gasteiger partial charge in [0.2, 0.25) is 5.28 Å². The Balaban J connectivity index is 2.15. The number of hydrogen-bond acceptors (Lipinski definition) is 5. The minimum atomic E-state index is -4.57. The monoisotopic (exact) mass is 278 g/mol. The first-order valence-electron chi connectivity index (χ1n) is 4.70. The van der Waals surface area contributed by atoms with Crippen LogP contribution in [0.25, 0.3) is 0 Å². The van der Waals surface area contributed by atoms with E-state index < -0.39 is 17.2 Å². The van der Waals surface area contributed by atoms with E-state index in [4.69, 9.17) is 16.1 Å². The second kappa shape index (κ2) is 4.81. The number of rotatable bonds is 3. The molecule has 0 fully saturated rings. The summed E-state index contributed by atoms with van der Waals surface area (Å²) in [4.78, 5) is 6.73. The number of halogens is 4. The molecule has 0 saturated heterocycles. The van der Waals surface area contributed by atoms with E-state index in [0.29, 0.717) is 5.76 Å². The Morgan fingerprint density at radius 3 is 2.72 bits per heavy atom. The quantitative estimate of drug-likeness (QED) is 0.875. The topological polar surface area (TPSA) is 63.8 Å². The largest absolute Gasteiger partial charge is 0.433 e. The Morgan fingerprint density at radius 1 is 1.33 bits per heavy atom. The first-order chi connectivity index (χ1) is 8.45. The van der Waals surface area contributed by atoms with E-state index in [-0.39, 0.29) is 12.4 Å². The van der Waals surface area contributed by atoms with E-state index >= 15 is 0 Å². The molecule has 0 amide bonds. The summed E-state index contributed by atoms with van der Waals surface area (Å²) in [5.74, 6) is 0.414. The fourth-order valence-corrected chi connectivity index (χ4v) is 1.35. The molecule has 2 aromatic rings. The number of alkyl halides is 3. The standard InChI is InChI=1S/C9H6ClF3N4O/c10-8-16-6(9(11,12)13)3-7(17-8)14-4-5-1-2-15-18-5/h1-3H,4H2,(H,14,16,17). The van der Waals surface area contributed by atoms with Crippen LogP contribution in [0, 0.1) is 0 Å². The third-order valence-electron chi connectivity index (χ3n) is 1.92. The molecule has 5 nitrogen and oxygen atoms in total. The van der Waals surface area contributed by atoms with E-state index in [2.05, 4.69) is 20.4 Å². The highest BCUT2D eigenvalue weighted by atomic mass is 35.5. The van der Waals surface area contributed by atoms with Gasteiger partial charge in [-0.2, -0.15) is 13.2 Å². The molecule has 2 rings (SSSR count). The van der Waals surface area contributed by atoms with Crippen LogP contribution in [0.3, 0.4) is 0 Å². The Hall–Kier alpha value is -1.83. The Morgan fingerprint density at radius 2 is 2.11 bits per heavy atom. The van der Waals surface area contributed by atoms with Gasteiger partial charge in [0.15, 0.2) is 11.5 Å². The van der Waals surface area contributed by atoms with E-state index in [1.807, 2.05) is 0 Å². The normalized spacial score (nSPS) is 11.6. The molecule has 18 heavy (non-hydrogen) atoms. The lowest BCUT2D eigenvalue weighted by atomic mass is 10.3. The van der Waals surface area contributed by atoms with Gasteiger partial charge in [0.25, 0.3) is 0 Å². The van der Waals surface area contributed by atoms with Crippen molar-refractivity contribution in [2.24, 2.45) is 0 Å². The van der Waals surface area contributed by atoms with E-state index in [1.54, 1.807) is 6.07 Å². The van der Waals surface area contributed by atoms with Crippen molar-refractivity contribution < 1.29 is 17.7 Å². The van der Waals surface area contributed by atoms with Crippen LogP contribution in [0.5, 0.6) is 0 Å². The van der Waals surface area contributed by atoms with E-state index in [0.717, 1.165) is 6.07 Å². The molecule has 0 aliphatic heterocycles. The van der Waals surface area contributed by atoms with Crippen LogP contribution in [-0.2, 0) is 12.7 Å². The minimum absolute atomic E-state index is 0.0428. The number of anilines is 1. The lowest BCUT2D eigenvalue weighted by Crippen LogP contribution is -2.11. The van der Waals surface area contributed by atoms with Gasteiger partial charge in [-0.25, -0.2) is 9.97 Å². The molecule has 0 spiro atoms. The Bertz CT molecular complexity index is 529. The molecule has 0 aromatic carbocycles. The number of hydrogen-bond donors (Lipinski definition) is 1. The lowest BCUT2D eigenvalue weighted by Gasteiger charge is -2.08. The van der Waals surface area contributed by atoms with Gasteiger partial charge in [0.1, 0.15) is 5.82 Å². The molecular weight excluding hydrogens is 273 g/mol. The highest BCUT2D eigenvalue weighted by molar-refractivity contribution is 6.28. The smallest absolute Gasteiger partial charge is 0.363 e. The van der Waals surface area contributed by atoms with Crippen molar-refractivity contribution in [1.29, 1.82) is 0 Å². The molecule has 2 aromatic heterocycles. The zero-order chi connectivity index (χ0) is 13.2. The second-order valence-electron chi connectivity index (χ2n) is 3.24. The van der Waals surface area contributed by atoms with Crippen molar-refractivity contribution in [3.05, 3.63) is 35.1 Å². The minimum Gasteiger partial charge on any atom is -0.363 e. The van der Waals surface area contributed by atoms with Gasteiger partial charge in [-0.05, 0) is 11.6 Å². The van der Waals surface area contributed by atoms with Gasteiger partial charge in [-0.3, -0.25) is 0 Å². The van der Waals surface area contributed by atoms with Crippen molar-refractivity contribution in [3.63, 3.8) is 0 Å². The molecule has 96 valence electrons. The Kier molecular flexibility index (Phi) is 3.37. The van der Waals surface area contributed by atoms with E-state index in [1.165, 1.54) is 6.20 Å². The molecule has 0 bridgehead atoms. The zero-order valence-electron chi connectivity index (χ0n) is 8.70. The summed E-state index contributed by atoms with van der Waals surface area (Å²) in [6.07, 6.45) is -3.15. The lowest BCUT2D eigenvalue weighted by molar-refractivity contribution is -0.141. The van der Waals surface area contributed by atoms with Gasteiger partial charge in [0.05, 0.1) is 12.7 Å². The third kappa shape index (κ3) is 3.10. The van der Waals surface area contributed by atoms with Crippen LogP contribution in [0.4, 0.5) is 19.0 Å². The molecule has 0 aliphatic rings. The van der Waals surface area contributed by atoms with Crippen molar-refractivity contribution >= 4 is 17.4 Å². The van der Waals surface area contributed by atoms with Crippen LogP contribution in [0.2, 0.25) is 5.28 Å². The third-order valence-corrected chi connectivity index (χ3v) is 2.09. The summed E-state index contributed by atoms with van der Waals surface area (Å²) in [6.45, 7) is 0.143. The average molecular weight is 279 g/mol. The fraction of sp³-hybridized carbons (Fsp3) is 0.222. The Labute approximate surface area is 104 Å². The second-order valence-corrected chi connectivity index (χ2v) is 3.58. The molecule has 0 atom stereocenters. The first kappa shape index (κ1) is 12.6. The predicted molar refractivity (Wildman–Crippen MR) is 55.9 cm³/mol. The molecule has 1 N–H and O–H groups in total. The van der Waals surface area contributed by atoms with E-state index in [9.17, 15) is 13.2 Å². The molecule has 0 saturated carbocycles. The molecule has 0 unspecified atom stereocenters. The maximum atomic E-state index is 12.5. The molecule has 9 heteroatoms. The number of nitrogens with one attached hydrogen (secondary N) is 1. The van der Waals surface area contributed by atoms with Crippen LogP contribution in [0.1, 0.15) is 11.5 Å². The maximum absolute atomic E-state index is 12.5. The first-order valence-corrected chi connectivity index (χ1v) is 5.08. The molecular formula is C9H6ClF3N4O. The van der Waals surface area contributed by atoms with Crippen molar-refractivity contribution in [2.75, 3.05) is 5.32 Å². The summed E-state index contributed by atoms with van der Waals surface area (Å²) >= 11 is 5.42. The average Bonchev–Trinajstić information content (AvgIpc) is 2.77. The van der Waals surface area contributed by atoms with Crippen molar-refractivity contribution in [3.8, 4) is 0 Å². The molecule has 0 aliphatic carbocycles. The van der Waals surface area contributed by atoms with Gasteiger partial charge in [-0.1, -0.05) is 5.16 Å². The number of aromatic nitrogens is 3. The van der Waals surface area contributed by atoms with Gasteiger partial charge in [-0.15, -0.1) is 0 Å². The SMILES string of the molecule is FC(F)(F)c1cc(NCc2ccno2)nc(Cl)n1. The summed E-state index contributed by atoms with van der Waals surface area (Å²) < 4.78 is 42.1. The highest BCUT2D eigenvalue weighted by Crippen LogP contribution is 2.29. The zero-order valence-corrected chi connectivity index (χ0v) is 9.46.